The Kier molecular flexibility index (Phi) is 2.81. The van der Waals surface area contributed by atoms with E-state index in [0.717, 1.165) is 0 Å². The maximum atomic E-state index is 11.1. The van der Waals surface area contributed by atoms with E-state index in [9.17, 15) is 9.59 Å². The molecule has 0 aliphatic carbocycles. The zero-order valence-corrected chi connectivity index (χ0v) is 7.12. The van der Waals surface area contributed by atoms with Crippen LogP contribution < -0.4 is 0 Å². The van der Waals surface area contributed by atoms with Crippen LogP contribution in [0.15, 0.2) is 0 Å². The third-order valence-electron chi connectivity index (χ3n) is 2.14. The van der Waals surface area contributed by atoms with Crippen LogP contribution in [0.1, 0.15) is 19.8 Å². The molecule has 0 saturated carbocycles. The van der Waals surface area contributed by atoms with Gasteiger partial charge in [0.25, 0.3) is 0 Å². The summed E-state index contributed by atoms with van der Waals surface area (Å²) in [6.07, 6.45) is 0.700. The maximum Gasteiger partial charge on any atom is 0.230 e. The Morgan fingerprint density at radius 2 is 2.25 bits per heavy atom. The van der Waals surface area contributed by atoms with Crippen molar-refractivity contribution in [3.63, 3.8) is 0 Å². The first-order chi connectivity index (χ1) is 5.69. The summed E-state index contributed by atoms with van der Waals surface area (Å²) in [5, 5.41) is 8.89. The van der Waals surface area contributed by atoms with Gasteiger partial charge in [-0.3, -0.25) is 9.59 Å². The summed E-state index contributed by atoms with van der Waals surface area (Å²) in [4.78, 5) is 23.5. The number of aliphatic hydroxyl groups is 1. The lowest BCUT2D eigenvalue weighted by molar-refractivity contribution is -0.130. The van der Waals surface area contributed by atoms with E-state index in [4.69, 9.17) is 5.11 Å². The van der Waals surface area contributed by atoms with Crippen LogP contribution in [-0.4, -0.2) is 40.9 Å². The second-order valence-corrected chi connectivity index (χ2v) is 2.98. The van der Waals surface area contributed by atoms with Crippen LogP contribution in [0.25, 0.3) is 0 Å². The predicted molar refractivity (Wildman–Crippen MR) is 42.5 cm³/mol. The Labute approximate surface area is 71.2 Å². The maximum absolute atomic E-state index is 11.1. The molecule has 1 N–H and O–H groups in total. The number of ketones is 1. The molecule has 1 rings (SSSR count). The fourth-order valence-electron chi connectivity index (χ4n) is 1.39. The predicted octanol–water partition coefficient (Wildman–Crippen LogP) is -0.441. The molecular weight excluding hydrogens is 158 g/mol. The van der Waals surface area contributed by atoms with Gasteiger partial charge < -0.3 is 10.0 Å². The number of aliphatic hydroxyl groups excluding tert-OH is 1. The topological polar surface area (TPSA) is 57.6 Å². The van der Waals surface area contributed by atoms with Crippen molar-refractivity contribution in [2.24, 2.45) is 0 Å². The van der Waals surface area contributed by atoms with Crippen molar-refractivity contribution in [2.45, 2.75) is 25.8 Å². The number of carbonyl (C=O) groups is 2. The molecule has 1 fully saturated rings. The number of rotatable bonds is 3. The Morgan fingerprint density at radius 1 is 1.58 bits per heavy atom. The van der Waals surface area contributed by atoms with Crippen molar-refractivity contribution in [1.29, 1.82) is 0 Å². The molecule has 0 radical (unpaired) electrons. The highest BCUT2D eigenvalue weighted by molar-refractivity contribution is 6.05. The molecule has 0 spiro atoms. The van der Waals surface area contributed by atoms with E-state index in [0.29, 0.717) is 6.42 Å². The van der Waals surface area contributed by atoms with Crippen molar-refractivity contribution in [2.75, 3.05) is 13.2 Å². The Bertz CT molecular complexity index is 198. The number of amides is 1. The molecule has 1 atom stereocenters. The van der Waals surface area contributed by atoms with E-state index in [2.05, 4.69) is 0 Å². The van der Waals surface area contributed by atoms with Crippen LogP contribution in [-0.2, 0) is 9.59 Å². The highest BCUT2D eigenvalue weighted by Gasteiger charge is 2.31. The third kappa shape index (κ3) is 1.64. The summed E-state index contributed by atoms with van der Waals surface area (Å²) in [6.45, 7) is 2.00. The lowest BCUT2D eigenvalue weighted by Gasteiger charge is -2.23. The molecule has 4 nitrogen and oxygen atoms in total. The smallest absolute Gasteiger partial charge is 0.230 e. The average Bonchev–Trinajstić information content (AvgIpc) is 2.34. The molecule has 1 aliphatic heterocycles. The van der Waals surface area contributed by atoms with Crippen molar-refractivity contribution < 1.29 is 14.7 Å². The summed E-state index contributed by atoms with van der Waals surface area (Å²) in [5.74, 6) is -0.201. The highest BCUT2D eigenvalue weighted by Crippen LogP contribution is 2.12. The largest absolute Gasteiger partial charge is 0.394 e. The van der Waals surface area contributed by atoms with E-state index in [1.54, 1.807) is 0 Å². The van der Waals surface area contributed by atoms with Crippen molar-refractivity contribution in [3.8, 4) is 0 Å². The van der Waals surface area contributed by atoms with Gasteiger partial charge in [0.2, 0.25) is 5.91 Å². The van der Waals surface area contributed by atoms with E-state index in [-0.39, 0.29) is 37.3 Å². The molecule has 0 aromatic carbocycles. The molecule has 0 bridgehead atoms. The third-order valence-corrected chi connectivity index (χ3v) is 2.14. The second kappa shape index (κ2) is 3.67. The number of carbonyl (C=O) groups excluding carboxylic acids is 2. The molecule has 1 saturated heterocycles. The average molecular weight is 171 g/mol. The van der Waals surface area contributed by atoms with Gasteiger partial charge in [-0.25, -0.2) is 0 Å². The first kappa shape index (κ1) is 9.19. The number of likely N-dealkylation sites (tertiary alicyclic amines) is 1. The van der Waals surface area contributed by atoms with Crippen molar-refractivity contribution >= 4 is 11.7 Å². The minimum Gasteiger partial charge on any atom is -0.394 e. The van der Waals surface area contributed by atoms with E-state index >= 15 is 0 Å². The summed E-state index contributed by atoms with van der Waals surface area (Å²) in [7, 11) is 0. The Morgan fingerprint density at radius 3 is 2.58 bits per heavy atom. The van der Waals surface area contributed by atoms with E-state index in [1.165, 1.54) is 4.90 Å². The highest BCUT2D eigenvalue weighted by atomic mass is 16.3. The molecule has 1 amide bonds. The summed E-state index contributed by atoms with van der Waals surface area (Å²) in [5.41, 5.74) is 0. The molecule has 0 aromatic heterocycles. The fourth-order valence-corrected chi connectivity index (χ4v) is 1.39. The number of hydrogen-bond donors (Lipinski definition) is 1. The van der Waals surface area contributed by atoms with Gasteiger partial charge in [0, 0.05) is 0 Å². The standard InChI is InChI=1S/C8H13NO3/c1-2-6(5-10)9-4-7(11)3-8(9)12/h6,10H,2-5H2,1H3. The van der Waals surface area contributed by atoms with Gasteiger partial charge in [0.15, 0.2) is 5.78 Å². The normalized spacial score (nSPS) is 20.3. The van der Waals surface area contributed by atoms with Crippen LogP contribution >= 0.6 is 0 Å². The lowest BCUT2D eigenvalue weighted by Crippen LogP contribution is -2.38. The number of Topliss-reactive ketones (excluding diaryl/α,β-unsaturated/α-hetero) is 1. The van der Waals surface area contributed by atoms with Gasteiger partial charge in [-0.1, -0.05) is 6.92 Å². The Balaban J connectivity index is 2.62. The van der Waals surface area contributed by atoms with Gasteiger partial charge in [0.05, 0.1) is 25.6 Å². The van der Waals surface area contributed by atoms with Gasteiger partial charge in [-0.05, 0) is 6.42 Å². The number of nitrogens with zero attached hydrogens (tertiary/aromatic N) is 1. The first-order valence-corrected chi connectivity index (χ1v) is 4.11. The summed E-state index contributed by atoms with van der Waals surface area (Å²) in [6, 6.07) is -0.177. The van der Waals surface area contributed by atoms with Crippen molar-refractivity contribution in [1.82, 2.24) is 4.90 Å². The first-order valence-electron chi connectivity index (χ1n) is 4.11. The van der Waals surface area contributed by atoms with Gasteiger partial charge >= 0.3 is 0 Å². The van der Waals surface area contributed by atoms with E-state index in [1.807, 2.05) is 6.92 Å². The van der Waals surface area contributed by atoms with Gasteiger partial charge in [0.1, 0.15) is 0 Å². The van der Waals surface area contributed by atoms with Gasteiger partial charge in [-0.2, -0.15) is 0 Å². The molecule has 1 unspecified atom stereocenters. The zero-order valence-electron chi connectivity index (χ0n) is 7.12. The van der Waals surface area contributed by atoms with Crippen molar-refractivity contribution in [3.05, 3.63) is 0 Å². The SMILES string of the molecule is CCC(CO)N1CC(=O)CC1=O. The van der Waals surface area contributed by atoms with Crippen LogP contribution in [0.2, 0.25) is 0 Å². The minimum atomic E-state index is -0.177. The van der Waals surface area contributed by atoms with Crippen LogP contribution in [0, 0.1) is 0 Å². The Hall–Kier alpha value is -0.900. The summed E-state index contributed by atoms with van der Waals surface area (Å²) < 4.78 is 0. The van der Waals surface area contributed by atoms with E-state index < -0.39 is 0 Å². The molecular formula is C8H13NO3. The quantitative estimate of drug-likeness (QED) is 0.585. The van der Waals surface area contributed by atoms with Crippen LogP contribution in [0.5, 0.6) is 0 Å². The molecule has 4 heteroatoms. The summed E-state index contributed by atoms with van der Waals surface area (Å²) >= 11 is 0. The molecule has 1 heterocycles. The second-order valence-electron chi connectivity index (χ2n) is 2.98. The van der Waals surface area contributed by atoms with Crippen LogP contribution in [0.3, 0.4) is 0 Å². The molecule has 68 valence electrons. The number of hydrogen-bond acceptors (Lipinski definition) is 3. The zero-order chi connectivity index (χ0) is 9.14. The molecule has 1 aliphatic rings. The fraction of sp³-hybridized carbons (Fsp3) is 0.750. The lowest BCUT2D eigenvalue weighted by atomic mass is 10.2. The van der Waals surface area contributed by atoms with Crippen LogP contribution in [0.4, 0.5) is 0 Å². The monoisotopic (exact) mass is 171 g/mol. The van der Waals surface area contributed by atoms with Gasteiger partial charge in [-0.15, -0.1) is 0 Å². The minimum absolute atomic E-state index is 0.0104. The molecule has 12 heavy (non-hydrogen) atoms. The molecule has 0 aromatic rings.